The molecule has 0 aliphatic carbocycles. The molecule has 0 saturated heterocycles. The van der Waals surface area contributed by atoms with Crippen molar-refractivity contribution in [3.05, 3.63) is 41.6 Å². The second-order valence-corrected chi connectivity index (χ2v) is 6.88. The molecular weight excluding hydrogens is 372 g/mol. The Labute approximate surface area is 148 Å². The zero-order valence-electron chi connectivity index (χ0n) is 12.6. The smallest absolute Gasteiger partial charge is 0.303 e. The topological polar surface area (TPSA) is 138 Å². The van der Waals surface area contributed by atoms with Gasteiger partial charge in [-0.05, 0) is 36.4 Å². The van der Waals surface area contributed by atoms with Gasteiger partial charge in [-0.25, -0.2) is 8.42 Å². The van der Waals surface area contributed by atoms with Crippen molar-refractivity contribution in [3.8, 4) is 0 Å². The van der Waals surface area contributed by atoms with E-state index < -0.39 is 21.9 Å². The van der Waals surface area contributed by atoms with Crippen LogP contribution in [-0.4, -0.2) is 35.6 Å². The lowest BCUT2D eigenvalue weighted by atomic mass is 10.2. The molecule has 0 atom stereocenters. The standard InChI is InChI=1S/C14H13ClN4O5S/c15-11-5-6-12(18-17-11)19-25(23,24)10-3-1-9(2-4-10)16-13(20)7-8-14(21)22/h1-6H,7-8H2,(H,16,20)(H,18,19)(H,21,22). The Morgan fingerprint density at radius 1 is 1.04 bits per heavy atom. The van der Waals surface area contributed by atoms with E-state index in [0.29, 0.717) is 5.69 Å². The first kappa shape index (κ1) is 18.6. The fourth-order valence-corrected chi connectivity index (χ4v) is 2.83. The van der Waals surface area contributed by atoms with E-state index in [1.165, 1.54) is 36.4 Å². The highest BCUT2D eigenvalue weighted by Gasteiger charge is 2.15. The SMILES string of the molecule is O=C(O)CCC(=O)Nc1ccc(S(=O)(=O)Nc2ccc(Cl)nn2)cc1. The molecule has 132 valence electrons. The predicted octanol–water partition coefficient (Wildman–Crippen LogP) is 1.73. The van der Waals surface area contributed by atoms with Crippen LogP contribution in [0.5, 0.6) is 0 Å². The summed E-state index contributed by atoms with van der Waals surface area (Å²) in [6.07, 6.45) is -0.462. The van der Waals surface area contributed by atoms with E-state index in [9.17, 15) is 18.0 Å². The Hall–Kier alpha value is -2.72. The fourth-order valence-electron chi connectivity index (χ4n) is 1.73. The second kappa shape index (κ2) is 7.90. The molecule has 2 aromatic rings. The number of amides is 1. The normalized spacial score (nSPS) is 10.9. The first-order valence-electron chi connectivity index (χ1n) is 6.90. The van der Waals surface area contributed by atoms with E-state index in [1.54, 1.807) is 0 Å². The molecule has 0 bridgehead atoms. The third kappa shape index (κ3) is 5.69. The number of aliphatic carboxylic acids is 1. The zero-order chi connectivity index (χ0) is 18.4. The monoisotopic (exact) mass is 384 g/mol. The maximum absolute atomic E-state index is 12.2. The Morgan fingerprint density at radius 3 is 2.28 bits per heavy atom. The highest BCUT2D eigenvalue weighted by Crippen LogP contribution is 2.17. The summed E-state index contributed by atoms with van der Waals surface area (Å²) in [4.78, 5) is 21.9. The molecule has 11 heteroatoms. The summed E-state index contributed by atoms with van der Waals surface area (Å²) in [5.41, 5.74) is 0.348. The van der Waals surface area contributed by atoms with Crippen molar-refractivity contribution in [2.75, 3.05) is 10.0 Å². The van der Waals surface area contributed by atoms with Crippen LogP contribution < -0.4 is 10.0 Å². The predicted molar refractivity (Wildman–Crippen MR) is 89.8 cm³/mol. The van der Waals surface area contributed by atoms with Crippen LogP contribution >= 0.6 is 11.6 Å². The van der Waals surface area contributed by atoms with Gasteiger partial charge in [-0.1, -0.05) is 11.6 Å². The van der Waals surface area contributed by atoms with Gasteiger partial charge in [0.15, 0.2) is 11.0 Å². The molecule has 0 aliphatic heterocycles. The van der Waals surface area contributed by atoms with Crippen molar-refractivity contribution in [3.63, 3.8) is 0 Å². The molecule has 0 spiro atoms. The maximum atomic E-state index is 12.2. The number of rotatable bonds is 7. The summed E-state index contributed by atoms with van der Waals surface area (Å²) in [5, 5.41) is 18.3. The summed E-state index contributed by atoms with van der Waals surface area (Å²) >= 11 is 5.58. The van der Waals surface area contributed by atoms with E-state index in [2.05, 4.69) is 20.2 Å². The number of carboxylic acid groups (broad SMARTS) is 1. The quantitative estimate of drug-likeness (QED) is 0.660. The first-order valence-corrected chi connectivity index (χ1v) is 8.76. The van der Waals surface area contributed by atoms with Crippen LogP contribution in [0.3, 0.4) is 0 Å². The minimum atomic E-state index is -3.88. The van der Waals surface area contributed by atoms with E-state index in [1.807, 2.05) is 0 Å². The molecule has 1 amide bonds. The van der Waals surface area contributed by atoms with Crippen LogP contribution in [-0.2, 0) is 19.6 Å². The number of anilines is 2. The summed E-state index contributed by atoms with van der Waals surface area (Å²) in [6, 6.07) is 8.12. The van der Waals surface area contributed by atoms with Crippen LogP contribution in [0.1, 0.15) is 12.8 Å². The number of hydrogen-bond donors (Lipinski definition) is 3. The maximum Gasteiger partial charge on any atom is 0.303 e. The van der Waals surface area contributed by atoms with Crippen LogP contribution in [0.15, 0.2) is 41.3 Å². The van der Waals surface area contributed by atoms with Gasteiger partial charge < -0.3 is 10.4 Å². The minimum Gasteiger partial charge on any atom is -0.481 e. The van der Waals surface area contributed by atoms with Crippen molar-refractivity contribution in [2.45, 2.75) is 17.7 Å². The summed E-state index contributed by atoms with van der Waals surface area (Å²) in [6.45, 7) is 0. The van der Waals surface area contributed by atoms with Crippen molar-refractivity contribution in [1.29, 1.82) is 0 Å². The molecular formula is C14H13ClN4O5S. The van der Waals surface area contributed by atoms with Gasteiger partial charge in [0.25, 0.3) is 10.0 Å². The van der Waals surface area contributed by atoms with E-state index in [4.69, 9.17) is 16.7 Å². The van der Waals surface area contributed by atoms with Crippen molar-refractivity contribution < 1.29 is 23.1 Å². The van der Waals surface area contributed by atoms with Gasteiger partial charge in [-0.2, -0.15) is 0 Å². The fraction of sp³-hybridized carbons (Fsp3) is 0.143. The molecule has 1 aromatic heterocycles. The average Bonchev–Trinajstić information content (AvgIpc) is 2.55. The number of aromatic nitrogens is 2. The molecule has 0 unspecified atom stereocenters. The number of nitrogens with one attached hydrogen (secondary N) is 2. The zero-order valence-corrected chi connectivity index (χ0v) is 14.2. The highest BCUT2D eigenvalue weighted by molar-refractivity contribution is 7.92. The molecule has 1 aromatic carbocycles. The number of halogens is 1. The first-order chi connectivity index (χ1) is 11.8. The Bertz CT molecular complexity index is 869. The summed E-state index contributed by atoms with van der Waals surface area (Å²) in [5.74, 6) is -1.55. The molecule has 0 aliphatic rings. The molecule has 3 N–H and O–H groups in total. The third-order valence-electron chi connectivity index (χ3n) is 2.89. The Morgan fingerprint density at radius 2 is 1.72 bits per heavy atom. The largest absolute Gasteiger partial charge is 0.481 e. The van der Waals surface area contributed by atoms with Crippen molar-refractivity contribution >= 4 is 45.0 Å². The summed E-state index contributed by atoms with van der Waals surface area (Å²) < 4.78 is 26.7. The van der Waals surface area contributed by atoms with Crippen LogP contribution in [0.4, 0.5) is 11.5 Å². The number of nitrogens with zero attached hydrogens (tertiary/aromatic N) is 2. The molecule has 0 fully saturated rings. The van der Waals surface area contributed by atoms with Gasteiger partial charge in [0, 0.05) is 12.1 Å². The molecule has 0 saturated carbocycles. The number of carbonyl (C=O) groups excluding carboxylic acids is 1. The van der Waals surface area contributed by atoms with E-state index in [0.717, 1.165) is 0 Å². The van der Waals surface area contributed by atoms with Crippen LogP contribution in [0.2, 0.25) is 5.15 Å². The average molecular weight is 385 g/mol. The molecule has 0 radical (unpaired) electrons. The lowest BCUT2D eigenvalue weighted by Crippen LogP contribution is -2.15. The molecule has 9 nitrogen and oxygen atoms in total. The molecule has 2 rings (SSSR count). The van der Waals surface area contributed by atoms with Gasteiger partial charge >= 0.3 is 5.97 Å². The van der Waals surface area contributed by atoms with Crippen molar-refractivity contribution in [2.24, 2.45) is 0 Å². The number of carbonyl (C=O) groups is 2. The minimum absolute atomic E-state index is 0.00968. The molecule has 1 heterocycles. The number of hydrogen-bond acceptors (Lipinski definition) is 6. The van der Waals surface area contributed by atoms with Gasteiger partial charge in [0.1, 0.15) is 0 Å². The number of carboxylic acids is 1. The van der Waals surface area contributed by atoms with E-state index in [-0.39, 0.29) is 28.7 Å². The third-order valence-corrected chi connectivity index (χ3v) is 4.46. The Balaban J connectivity index is 2.04. The van der Waals surface area contributed by atoms with Gasteiger partial charge in [-0.3, -0.25) is 14.3 Å². The van der Waals surface area contributed by atoms with Gasteiger partial charge in [0.05, 0.1) is 11.3 Å². The highest BCUT2D eigenvalue weighted by atomic mass is 35.5. The lowest BCUT2D eigenvalue weighted by molar-refractivity contribution is -0.138. The van der Waals surface area contributed by atoms with Crippen molar-refractivity contribution in [1.82, 2.24) is 10.2 Å². The van der Waals surface area contributed by atoms with Crippen LogP contribution in [0.25, 0.3) is 0 Å². The number of benzene rings is 1. The van der Waals surface area contributed by atoms with E-state index >= 15 is 0 Å². The lowest BCUT2D eigenvalue weighted by Gasteiger charge is -2.08. The Kier molecular flexibility index (Phi) is 5.88. The number of sulfonamides is 1. The van der Waals surface area contributed by atoms with Gasteiger partial charge in [0.2, 0.25) is 5.91 Å². The summed E-state index contributed by atoms with van der Waals surface area (Å²) in [7, 11) is -3.88. The second-order valence-electron chi connectivity index (χ2n) is 4.81. The van der Waals surface area contributed by atoms with Crippen LogP contribution in [0, 0.1) is 0 Å². The molecule has 25 heavy (non-hydrogen) atoms. The van der Waals surface area contributed by atoms with Gasteiger partial charge in [-0.15, -0.1) is 10.2 Å².